The molecule has 0 spiro atoms. The molecule has 0 N–H and O–H groups in total. The molecule has 3 unspecified atom stereocenters. The van der Waals surface area contributed by atoms with E-state index in [0.717, 1.165) is 11.0 Å². The van der Waals surface area contributed by atoms with Crippen LogP contribution in [0.4, 0.5) is 0 Å². The minimum atomic E-state index is -0.879. The lowest BCUT2D eigenvalue weighted by atomic mass is 9.93. The van der Waals surface area contributed by atoms with E-state index in [4.69, 9.17) is 8.83 Å². The number of furan rings is 2. The van der Waals surface area contributed by atoms with Gasteiger partial charge >= 0.3 is 0 Å². The zero-order valence-corrected chi connectivity index (χ0v) is 21.0. The van der Waals surface area contributed by atoms with Crippen LogP contribution in [0.1, 0.15) is 49.4 Å². The Morgan fingerprint density at radius 1 is 0.758 bits per heavy atom. The summed E-state index contributed by atoms with van der Waals surface area (Å²) in [4.78, 5) is 0. The van der Waals surface area contributed by atoms with Crippen LogP contribution in [0.5, 0.6) is 0 Å². The van der Waals surface area contributed by atoms with Gasteiger partial charge in [-0.3, -0.25) is 0 Å². The highest BCUT2D eigenvalue weighted by atomic mass is 31.2. The second kappa shape index (κ2) is 10.4. The Balaban J connectivity index is 1.58. The van der Waals surface area contributed by atoms with Gasteiger partial charge in [0.1, 0.15) is 19.1 Å². The standard InChI is InChI=1S/C28H31NO2P2/c1-22(2)29(33(27-15-9-19-30-27)28-16-10-20-31-28)32-21-25(23-11-5-3-6-12-23)17-18-26(32)24-13-7-4-8-14-24/h3-16,19-20,22,25-26H,17-18,21H2,1-2H3. The van der Waals surface area contributed by atoms with E-state index in [1.54, 1.807) is 12.5 Å². The summed E-state index contributed by atoms with van der Waals surface area (Å²) < 4.78 is 14.8. The van der Waals surface area contributed by atoms with Gasteiger partial charge in [-0.25, -0.2) is 4.44 Å². The number of hydrogen-bond donors (Lipinski definition) is 0. The Morgan fingerprint density at radius 2 is 1.33 bits per heavy atom. The van der Waals surface area contributed by atoms with E-state index in [-0.39, 0.29) is 0 Å². The highest BCUT2D eigenvalue weighted by molar-refractivity contribution is 7.79. The van der Waals surface area contributed by atoms with Gasteiger partial charge in [0, 0.05) is 11.7 Å². The van der Waals surface area contributed by atoms with Crippen LogP contribution >= 0.6 is 16.1 Å². The van der Waals surface area contributed by atoms with Crippen molar-refractivity contribution in [1.82, 2.24) is 4.44 Å². The SMILES string of the molecule is CC(C)N(P(c1ccco1)c1ccco1)P1CC(c2ccccc2)CCC1c1ccccc1. The van der Waals surface area contributed by atoms with E-state index in [1.165, 1.54) is 30.1 Å². The summed E-state index contributed by atoms with van der Waals surface area (Å²) in [6.45, 7) is 4.66. The summed E-state index contributed by atoms with van der Waals surface area (Å²) in [5.41, 5.74) is 5.52. The summed E-state index contributed by atoms with van der Waals surface area (Å²) in [6, 6.07) is 30.9. The molecular weight excluding hydrogens is 444 g/mol. The maximum absolute atomic E-state index is 6.03. The summed E-state index contributed by atoms with van der Waals surface area (Å²) in [7, 11) is -1.36. The zero-order valence-electron chi connectivity index (χ0n) is 19.2. The normalized spacial score (nSPS) is 21.2. The molecule has 0 radical (unpaired) electrons. The summed E-state index contributed by atoms with van der Waals surface area (Å²) >= 11 is 0. The molecule has 1 saturated heterocycles. The van der Waals surface area contributed by atoms with Crippen molar-refractivity contribution in [1.29, 1.82) is 0 Å². The first-order valence-corrected chi connectivity index (χ1v) is 14.6. The molecule has 5 heteroatoms. The van der Waals surface area contributed by atoms with Gasteiger partial charge in [-0.2, -0.15) is 0 Å². The first kappa shape index (κ1) is 22.6. The van der Waals surface area contributed by atoms with Gasteiger partial charge in [-0.15, -0.1) is 0 Å². The average Bonchev–Trinajstić information content (AvgIpc) is 3.58. The molecule has 5 rings (SSSR count). The monoisotopic (exact) mass is 475 g/mol. The number of rotatable bonds is 7. The van der Waals surface area contributed by atoms with Crippen LogP contribution in [0.2, 0.25) is 0 Å². The Bertz CT molecular complexity index is 1060. The van der Waals surface area contributed by atoms with Gasteiger partial charge in [-0.1, -0.05) is 60.7 Å². The van der Waals surface area contributed by atoms with E-state index in [2.05, 4.69) is 91.1 Å². The molecule has 1 fully saturated rings. The van der Waals surface area contributed by atoms with Crippen LogP contribution in [-0.4, -0.2) is 16.6 Å². The fourth-order valence-corrected chi connectivity index (χ4v) is 11.9. The summed E-state index contributed by atoms with van der Waals surface area (Å²) in [5, 5.41) is 0. The molecule has 0 bridgehead atoms. The fraction of sp³-hybridized carbons (Fsp3) is 0.286. The Morgan fingerprint density at radius 3 is 1.85 bits per heavy atom. The highest BCUT2D eigenvalue weighted by Crippen LogP contribution is 2.69. The molecule has 0 saturated carbocycles. The van der Waals surface area contributed by atoms with Crippen LogP contribution in [0, 0.1) is 0 Å². The second-order valence-corrected chi connectivity index (χ2v) is 13.4. The first-order valence-electron chi connectivity index (χ1n) is 11.7. The Labute approximate surface area is 199 Å². The van der Waals surface area contributed by atoms with Gasteiger partial charge in [0.25, 0.3) is 0 Å². The minimum Gasteiger partial charge on any atom is -0.463 e. The van der Waals surface area contributed by atoms with E-state index >= 15 is 0 Å². The molecule has 1 aliphatic heterocycles. The van der Waals surface area contributed by atoms with Gasteiger partial charge in [0.2, 0.25) is 0 Å². The van der Waals surface area contributed by atoms with E-state index < -0.39 is 16.1 Å². The zero-order chi connectivity index (χ0) is 22.6. The second-order valence-electron chi connectivity index (χ2n) is 8.86. The fourth-order valence-electron chi connectivity index (χ4n) is 4.92. The van der Waals surface area contributed by atoms with Crippen molar-refractivity contribution < 1.29 is 8.83 Å². The van der Waals surface area contributed by atoms with Crippen molar-refractivity contribution >= 4 is 27.1 Å². The molecule has 3 heterocycles. The van der Waals surface area contributed by atoms with Gasteiger partial charge in [0.15, 0.2) is 0 Å². The number of benzene rings is 2. The maximum atomic E-state index is 6.03. The molecular formula is C28H31NO2P2. The molecule has 3 atom stereocenters. The molecule has 33 heavy (non-hydrogen) atoms. The van der Waals surface area contributed by atoms with Gasteiger partial charge in [0.05, 0.1) is 12.5 Å². The van der Waals surface area contributed by atoms with Crippen LogP contribution in [0.25, 0.3) is 0 Å². The van der Waals surface area contributed by atoms with Crippen LogP contribution in [0.3, 0.4) is 0 Å². The Hall–Kier alpha value is -2.18. The van der Waals surface area contributed by atoms with Crippen molar-refractivity contribution in [2.24, 2.45) is 0 Å². The van der Waals surface area contributed by atoms with Crippen LogP contribution in [-0.2, 0) is 0 Å². The number of nitrogens with zero attached hydrogens (tertiary/aromatic N) is 1. The third-order valence-corrected chi connectivity index (χ3v) is 12.9. The maximum Gasteiger partial charge on any atom is 0.148 e. The van der Waals surface area contributed by atoms with Crippen LogP contribution < -0.4 is 11.0 Å². The topological polar surface area (TPSA) is 29.5 Å². The number of hydrogen-bond acceptors (Lipinski definition) is 3. The minimum absolute atomic E-state index is 0.373. The van der Waals surface area contributed by atoms with Crippen molar-refractivity contribution in [3.05, 3.63) is 109 Å². The molecule has 0 amide bonds. The summed E-state index contributed by atoms with van der Waals surface area (Å²) in [5.74, 6) is 0.587. The molecule has 2 aromatic carbocycles. The predicted molar refractivity (Wildman–Crippen MR) is 140 cm³/mol. The van der Waals surface area contributed by atoms with E-state index in [1.807, 2.05) is 12.1 Å². The molecule has 0 aliphatic carbocycles. The predicted octanol–water partition coefficient (Wildman–Crippen LogP) is 7.65. The molecule has 3 nitrogen and oxygen atoms in total. The van der Waals surface area contributed by atoms with Crippen LogP contribution in [0.15, 0.2) is 106 Å². The largest absolute Gasteiger partial charge is 0.463 e. The first-order chi connectivity index (χ1) is 16.2. The molecule has 1 aliphatic rings. The van der Waals surface area contributed by atoms with Crippen molar-refractivity contribution in [2.75, 3.05) is 6.16 Å². The van der Waals surface area contributed by atoms with Gasteiger partial charge < -0.3 is 8.83 Å². The average molecular weight is 476 g/mol. The molecule has 2 aromatic heterocycles. The van der Waals surface area contributed by atoms with E-state index in [9.17, 15) is 0 Å². The lowest BCUT2D eigenvalue weighted by molar-refractivity contribution is 0.516. The van der Waals surface area contributed by atoms with E-state index in [0.29, 0.717) is 17.6 Å². The Kier molecular flexibility index (Phi) is 7.12. The van der Waals surface area contributed by atoms with Crippen molar-refractivity contribution in [2.45, 2.75) is 44.3 Å². The summed E-state index contributed by atoms with van der Waals surface area (Å²) in [6.07, 6.45) is 7.21. The lowest BCUT2D eigenvalue weighted by Crippen LogP contribution is -2.33. The third-order valence-electron chi connectivity index (χ3n) is 6.37. The third kappa shape index (κ3) is 4.87. The highest BCUT2D eigenvalue weighted by Gasteiger charge is 2.42. The van der Waals surface area contributed by atoms with Gasteiger partial charge in [-0.05, 0) is 82.2 Å². The lowest BCUT2D eigenvalue weighted by Gasteiger charge is -2.47. The smallest absolute Gasteiger partial charge is 0.148 e. The quantitative estimate of drug-likeness (QED) is 0.257. The molecule has 170 valence electrons. The van der Waals surface area contributed by atoms with Crippen molar-refractivity contribution in [3.63, 3.8) is 0 Å². The molecule has 4 aromatic rings. The van der Waals surface area contributed by atoms with Crippen molar-refractivity contribution in [3.8, 4) is 0 Å².